The Hall–Kier alpha value is -1.42. The van der Waals surface area contributed by atoms with Crippen LogP contribution in [0.1, 0.15) is 57.9 Å². The van der Waals surface area contributed by atoms with Crippen LogP contribution in [0.5, 0.6) is 0 Å². The van der Waals surface area contributed by atoms with Crippen LogP contribution in [0.15, 0.2) is 24.3 Å². The van der Waals surface area contributed by atoms with E-state index in [0.717, 1.165) is 31.8 Å². The van der Waals surface area contributed by atoms with Gasteiger partial charge in [0, 0.05) is 12.1 Å². The van der Waals surface area contributed by atoms with Crippen molar-refractivity contribution in [3.8, 4) is 0 Å². The van der Waals surface area contributed by atoms with Gasteiger partial charge in [0.15, 0.2) is 0 Å². The maximum atomic E-state index is 10.6. The van der Waals surface area contributed by atoms with Crippen LogP contribution in [0.25, 0.3) is 0 Å². The summed E-state index contributed by atoms with van der Waals surface area (Å²) in [7, 11) is 0. The summed E-state index contributed by atoms with van der Waals surface area (Å²) in [6.07, 6.45) is 8.42. The summed E-state index contributed by atoms with van der Waals surface area (Å²) in [5.41, 5.74) is 1.36. The molecule has 0 spiro atoms. The maximum absolute atomic E-state index is 10.6. The van der Waals surface area contributed by atoms with E-state index in [9.17, 15) is 10.1 Å². The molecule has 0 unspecified atom stereocenters. The van der Waals surface area contributed by atoms with Crippen LogP contribution in [0, 0.1) is 16.0 Å². The zero-order chi connectivity index (χ0) is 16.2. The topological polar surface area (TPSA) is 55.2 Å². The van der Waals surface area contributed by atoms with Gasteiger partial charge in [-0.05, 0) is 50.3 Å². The summed E-state index contributed by atoms with van der Waals surface area (Å²) in [5, 5.41) is 14.1. The van der Waals surface area contributed by atoms with Crippen molar-refractivity contribution in [2.75, 3.05) is 13.1 Å². The molecule has 0 fully saturated rings. The van der Waals surface area contributed by atoms with Gasteiger partial charge in [-0.2, -0.15) is 0 Å². The van der Waals surface area contributed by atoms with Gasteiger partial charge in [-0.25, -0.2) is 0 Å². The first-order chi connectivity index (χ1) is 10.7. The molecule has 1 aromatic carbocycles. The zero-order valence-electron chi connectivity index (χ0n) is 14.0. The number of unbranched alkanes of at least 4 members (excludes halogenated alkanes) is 2. The molecule has 124 valence electrons. The molecular formula is C18H30N2O2. The van der Waals surface area contributed by atoms with Crippen LogP contribution in [0.4, 0.5) is 5.69 Å². The first-order valence-corrected chi connectivity index (χ1v) is 8.61. The Morgan fingerprint density at radius 2 is 1.73 bits per heavy atom. The molecule has 0 amide bonds. The van der Waals surface area contributed by atoms with E-state index < -0.39 is 0 Å². The Labute approximate surface area is 134 Å². The van der Waals surface area contributed by atoms with E-state index in [-0.39, 0.29) is 10.6 Å². The van der Waals surface area contributed by atoms with Crippen LogP contribution < -0.4 is 5.32 Å². The lowest BCUT2D eigenvalue weighted by atomic mass is 10.00. The lowest BCUT2D eigenvalue weighted by Gasteiger charge is -2.12. The highest BCUT2D eigenvalue weighted by atomic mass is 16.6. The second-order valence-electron chi connectivity index (χ2n) is 5.96. The van der Waals surface area contributed by atoms with E-state index >= 15 is 0 Å². The van der Waals surface area contributed by atoms with Crippen LogP contribution in [-0.4, -0.2) is 18.0 Å². The van der Waals surface area contributed by atoms with Crippen molar-refractivity contribution in [3.05, 3.63) is 39.9 Å². The third kappa shape index (κ3) is 7.55. The molecule has 4 heteroatoms. The highest BCUT2D eigenvalue weighted by Crippen LogP contribution is 2.14. The van der Waals surface area contributed by atoms with Crippen LogP contribution in [0.2, 0.25) is 0 Å². The Morgan fingerprint density at radius 3 is 2.32 bits per heavy atom. The molecule has 0 atom stereocenters. The van der Waals surface area contributed by atoms with Crippen molar-refractivity contribution in [3.63, 3.8) is 0 Å². The maximum Gasteiger partial charge on any atom is 0.269 e. The molecule has 0 heterocycles. The number of nitro groups is 1. The number of nitrogens with one attached hydrogen (secondary N) is 1. The fraction of sp³-hybridized carbons (Fsp3) is 0.667. The van der Waals surface area contributed by atoms with Crippen LogP contribution in [0.3, 0.4) is 0 Å². The van der Waals surface area contributed by atoms with Crippen LogP contribution >= 0.6 is 0 Å². The second-order valence-corrected chi connectivity index (χ2v) is 5.96. The predicted octanol–water partition coefficient (Wildman–Crippen LogP) is 4.72. The molecule has 4 nitrogen and oxygen atoms in total. The predicted molar refractivity (Wildman–Crippen MR) is 92.2 cm³/mol. The monoisotopic (exact) mass is 306 g/mol. The van der Waals surface area contributed by atoms with Gasteiger partial charge in [-0.1, -0.05) is 45.2 Å². The molecule has 0 radical (unpaired) electrons. The number of nitro benzene ring substituents is 1. The molecule has 0 aliphatic heterocycles. The number of hydrogen-bond acceptors (Lipinski definition) is 3. The Kier molecular flexibility index (Phi) is 9.47. The van der Waals surface area contributed by atoms with E-state index in [0.29, 0.717) is 0 Å². The molecular weight excluding hydrogens is 276 g/mol. The SMILES string of the molecule is CCC(CC)CCNCCCCCc1ccc([N+](=O)[O-])cc1. The smallest absolute Gasteiger partial charge is 0.269 e. The van der Waals surface area contributed by atoms with E-state index in [1.165, 1.54) is 37.7 Å². The van der Waals surface area contributed by atoms with Gasteiger partial charge in [-0.15, -0.1) is 0 Å². The minimum absolute atomic E-state index is 0.172. The third-order valence-corrected chi connectivity index (χ3v) is 4.35. The molecule has 0 aromatic heterocycles. The summed E-state index contributed by atoms with van der Waals surface area (Å²) in [4.78, 5) is 10.2. The number of aryl methyl sites for hydroxylation is 1. The van der Waals surface area contributed by atoms with E-state index in [1.807, 2.05) is 12.1 Å². The van der Waals surface area contributed by atoms with Crippen molar-refractivity contribution in [1.82, 2.24) is 5.32 Å². The van der Waals surface area contributed by atoms with Crippen LogP contribution in [-0.2, 0) is 6.42 Å². The minimum Gasteiger partial charge on any atom is -0.317 e. The van der Waals surface area contributed by atoms with Gasteiger partial charge >= 0.3 is 0 Å². The van der Waals surface area contributed by atoms with Crippen molar-refractivity contribution >= 4 is 5.69 Å². The Balaban J connectivity index is 2.02. The lowest BCUT2D eigenvalue weighted by molar-refractivity contribution is -0.384. The number of nitrogens with zero attached hydrogens (tertiary/aromatic N) is 1. The molecule has 1 aromatic rings. The van der Waals surface area contributed by atoms with Crippen molar-refractivity contribution < 1.29 is 4.92 Å². The van der Waals surface area contributed by atoms with E-state index in [1.54, 1.807) is 12.1 Å². The molecule has 22 heavy (non-hydrogen) atoms. The highest BCUT2D eigenvalue weighted by molar-refractivity contribution is 5.32. The summed E-state index contributed by atoms with van der Waals surface area (Å²) >= 11 is 0. The molecule has 1 rings (SSSR count). The molecule has 0 saturated heterocycles. The van der Waals surface area contributed by atoms with Gasteiger partial charge in [0.25, 0.3) is 5.69 Å². The van der Waals surface area contributed by atoms with Gasteiger partial charge in [0.1, 0.15) is 0 Å². The number of rotatable bonds is 12. The fourth-order valence-corrected chi connectivity index (χ4v) is 2.67. The lowest BCUT2D eigenvalue weighted by Crippen LogP contribution is -2.19. The third-order valence-electron chi connectivity index (χ3n) is 4.35. The first-order valence-electron chi connectivity index (χ1n) is 8.61. The number of hydrogen-bond donors (Lipinski definition) is 1. The standard InChI is InChI=1S/C18H30N2O2/c1-3-16(4-2)13-15-19-14-7-5-6-8-17-9-11-18(12-10-17)20(21)22/h9-12,16,19H,3-8,13-15H2,1-2H3. The number of benzene rings is 1. The second kappa shape index (κ2) is 11.2. The quantitative estimate of drug-likeness (QED) is 0.345. The van der Waals surface area contributed by atoms with Gasteiger partial charge in [0.05, 0.1) is 4.92 Å². The average Bonchev–Trinajstić information content (AvgIpc) is 2.54. The van der Waals surface area contributed by atoms with E-state index in [4.69, 9.17) is 0 Å². The van der Waals surface area contributed by atoms with Crippen molar-refractivity contribution in [2.24, 2.45) is 5.92 Å². The Bertz CT molecular complexity index is 414. The summed E-state index contributed by atoms with van der Waals surface area (Å²) in [6, 6.07) is 6.92. The average molecular weight is 306 g/mol. The van der Waals surface area contributed by atoms with E-state index in [2.05, 4.69) is 19.2 Å². The molecule has 0 bridgehead atoms. The van der Waals surface area contributed by atoms with Gasteiger partial charge in [0.2, 0.25) is 0 Å². The summed E-state index contributed by atoms with van der Waals surface area (Å²) < 4.78 is 0. The summed E-state index contributed by atoms with van der Waals surface area (Å²) in [5.74, 6) is 0.870. The summed E-state index contributed by atoms with van der Waals surface area (Å²) in [6.45, 7) is 6.77. The van der Waals surface area contributed by atoms with Gasteiger partial charge in [-0.3, -0.25) is 10.1 Å². The molecule has 1 N–H and O–H groups in total. The normalized spacial score (nSPS) is 11.0. The highest BCUT2D eigenvalue weighted by Gasteiger charge is 2.04. The first kappa shape index (κ1) is 18.6. The minimum atomic E-state index is -0.350. The molecule has 0 aliphatic rings. The fourth-order valence-electron chi connectivity index (χ4n) is 2.67. The largest absolute Gasteiger partial charge is 0.317 e. The molecule has 0 aliphatic carbocycles. The van der Waals surface area contributed by atoms with Gasteiger partial charge < -0.3 is 5.32 Å². The number of non-ortho nitro benzene ring substituents is 1. The molecule has 0 saturated carbocycles. The van der Waals surface area contributed by atoms with Crippen molar-refractivity contribution in [2.45, 2.75) is 58.8 Å². The van der Waals surface area contributed by atoms with Crippen molar-refractivity contribution in [1.29, 1.82) is 0 Å². The Morgan fingerprint density at radius 1 is 1.05 bits per heavy atom. The zero-order valence-corrected chi connectivity index (χ0v) is 14.0.